The number of nitrogens with two attached hydrogens (primary N) is 1. The van der Waals surface area contributed by atoms with Crippen LogP contribution in [0.25, 0.3) is 0 Å². The van der Waals surface area contributed by atoms with Crippen LogP contribution in [0.15, 0.2) is 54.6 Å². The van der Waals surface area contributed by atoms with Gasteiger partial charge < -0.3 is 9.47 Å². The summed E-state index contributed by atoms with van der Waals surface area (Å²) in [5.74, 6) is 6.80. The van der Waals surface area contributed by atoms with Crippen LogP contribution in [0.3, 0.4) is 0 Å². The lowest BCUT2D eigenvalue weighted by molar-refractivity contribution is 0.301. The van der Waals surface area contributed by atoms with Crippen LogP contribution in [-0.4, -0.2) is 13.2 Å². The van der Waals surface area contributed by atoms with Gasteiger partial charge >= 0.3 is 0 Å². The lowest BCUT2D eigenvalue weighted by Gasteiger charge is -2.08. The SMILES string of the molecule is NNCCOc1ccc(OCc2ccccc2)cc1. The van der Waals surface area contributed by atoms with Crippen molar-refractivity contribution in [2.45, 2.75) is 6.61 Å². The van der Waals surface area contributed by atoms with Gasteiger partial charge in [-0.25, -0.2) is 0 Å². The van der Waals surface area contributed by atoms with E-state index in [4.69, 9.17) is 15.3 Å². The molecule has 2 aromatic carbocycles. The highest BCUT2D eigenvalue weighted by Gasteiger charge is 1.97. The van der Waals surface area contributed by atoms with Crippen LogP contribution >= 0.6 is 0 Å². The maximum absolute atomic E-state index is 5.68. The number of benzene rings is 2. The zero-order valence-corrected chi connectivity index (χ0v) is 10.7. The average molecular weight is 258 g/mol. The average Bonchev–Trinajstić information content (AvgIpc) is 2.48. The quantitative estimate of drug-likeness (QED) is 0.454. The largest absolute Gasteiger partial charge is 0.492 e. The monoisotopic (exact) mass is 258 g/mol. The fourth-order valence-corrected chi connectivity index (χ4v) is 1.60. The summed E-state index contributed by atoms with van der Waals surface area (Å²) >= 11 is 0. The van der Waals surface area contributed by atoms with E-state index in [1.54, 1.807) is 0 Å². The summed E-state index contributed by atoms with van der Waals surface area (Å²) in [5, 5.41) is 0. The van der Waals surface area contributed by atoms with E-state index in [9.17, 15) is 0 Å². The third kappa shape index (κ3) is 4.62. The summed E-state index contributed by atoms with van der Waals surface area (Å²) in [4.78, 5) is 0. The highest BCUT2D eigenvalue weighted by atomic mass is 16.5. The molecule has 19 heavy (non-hydrogen) atoms. The third-order valence-corrected chi connectivity index (χ3v) is 2.59. The third-order valence-electron chi connectivity index (χ3n) is 2.59. The van der Waals surface area contributed by atoms with Gasteiger partial charge in [-0.05, 0) is 29.8 Å². The lowest BCUT2D eigenvalue weighted by atomic mass is 10.2. The Labute approximate surface area is 113 Å². The Bertz CT molecular complexity index is 471. The van der Waals surface area contributed by atoms with Gasteiger partial charge in [0.15, 0.2) is 0 Å². The number of nitrogens with one attached hydrogen (secondary N) is 1. The summed E-state index contributed by atoms with van der Waals surface area (Å²) < 4.78 is 11.2. The maximum Gasteiger partial charge on any atom is 0.120 e. The smallest absolute Gasteiger partial charge is 0.120 e. The fraction of sp³-hybridized carbons (Fsp3) is 0.200. The van der Waals surface area contributed by atoms with Gasteiger partial charge in [-0.15, -0.1) is 0 Å². The molecule has 0 unspecified atom stereocenters. The topological polar surface area (TPSA) is 56.5 Å². The summed E-state index contributed by atoms with van der Waals surface area (Å²) in [6.45, 7) is 1.73. The Morgan fingerprint density at radius 3 is 2.11 bits per heavy atom. The first-order valence-electron chi connectivity index (χ1n) is 6.21. The highest BCUT2D eigenvalue weighted by molar-refractivity contribution is 5.31. The molecule has 2 aromatic rings. The minimum absolute atomic E-state index is 0.542. The van der Waals surface area contributed by atoms with Crippen molar-refractivity contribution < 1.29 is 9.47 Å². The highest BCUT2D eigenvalue weighted by Crippen LogP contribution is 2.18. The van der Waals surface area contributed by atoms with E-state index in [0.717, 1.165) is 17.1 Å². The fourth-order valence-electron chi connectivity index (χ4n) is 1.60. The molecular weight excluding hydrogens is 240 g/mol. The summed E-state index contributed by atoms with van der Waals surface area (Å²) in [5.41, 5.74) is 3.69. The molecule has 0 spiro atoms. The van der Waals surface area contributed by atoms with Crippen molar-refractivity contribution in [1.29, 1.82) is 0 Å². The van der Waals surface area contributed by atoms with Crippen molar-refractivity contribution >= 4 is 0 Å². The van der Waals surface area contributed by atoms with Gasteiger partial charge in [0.25, 0.3) is 0 Å². The molecule has 4 heteroatoms. The molecule has 3 N–H and O–H groups in total. The van der Waals surface area contributed by atoms with Crippen molar-refractivity contribution in [3.8, 4) is 11.5 Å². The van der Waals surface area contributed by atoms with Crippen molar-refractivity contribution in [3.05, 3.63) is 60.2 Å². The predicted molar refractivity (Wildman–Crippen MR) is 74.9 cm³/mol. The van der Waals surface area contributed by atoms with Crippen molar-refractivity contribution in [3.63, 3.8) is 0 Å². The molecule has 0 aliphatic rings. The second-order valence-electron chi connectivity index (χ2n) is 4.05. The van der Waals surface area contributed by atoms with Gasteiger partial charge in [-0.1, -0.05) is 30.3 Å². The molecule has 0 saturated heterocycles. The van der Waals surface area contributed by atoms with E-state index in [0.29, 0.717) is 19.8 Å². The van der Waals surface area contributed by atoms with Crippen molar-refractivity contribution in [2.75, 3.05) is 13.2 Å². The van der Waals surface area contributed by atoms with Gasteiger partial charge in [-0.3, -0.25) is 11.3 Å². The summed E-state index contributed by atoms with van der Waals surface area (Å²) in [6.07, 6.45) is 0. The number of hydrogen-bond acceptors (Lipinski definition) is 4. The number of rotatable bonds is 7. The second kappa shape index (κ2) is 7.41. The molecule has 0 fully saturated rings. The first-order chi connectivity index (χ1) is 9.38. The Morgan fingerprint density at radius 2 is 1.47 bits per heavy atom. The minimum atomic E-state index is 0.542. The molecule has 0 saturated carbocycles. The molecule has 0 radical (unpaired) electrons. The maximum atomic E-state index is 5.68. The van der Waals surface area contributed by atoms with E-state index >= 15 is 0 Å². The van der Waals surface area contributed by atoms with Crippen LogP contribution in [0.1, 0.15) is 5.56 Å². The molecule has 0 aliphatic heterocycles. The Kier molecular flexibility index (Phi) is 5.22. The van der Waals surface area contributed by atoms with Gasteiger partial charge in [0.1, 0.15) is 24.7 Å². The van der Waals surface area contributed by atoms with Gasteiger partial charge in [-0.2, -0.15) is 0 Å². The first-order valence-corrected chi connectivity index (χ1v) is 6.21. The first kappa shape index (κ1) is 13.4. The van der Waals surface area contributed by atoms with Gasteiger partial charge in [0.2, 0.25) is 0 Å². The van der Waals surface area contributed by atoms with Crippen molar-refractivity contribution in [2.24, 2.45) is 5.84 Å². The predicted octanol–water partition coefficient (Wildman–Crippen LogP) is 2.11. The number of ether oxygens (including phenoxy) is 2. The molecule has 100 valence electrons. The molecule has 0 bridgehead atoms. The standard InChI is InChI=1S/C15H18N2O2/c16-17-10-11-18-14-6-8-15(9-7-14)19-12-13-4-2-1-3-5-13/h1-9,17H,10-12,16H2. The van der Waals surface area contributed by atoms with Crippen LogP contribution < -0.4 is 20.7 Å². The Hall–Kier alpha value is -2.04. The number of hydrogen-bond donors (Lipinski definition) is 2. The molecule has 0 atom stereocenters. The summed E-state index contributed by atoms with van der Waals surface area (Å²) in [6, 6.07) is 17.6. The molecule has 0 amide bonds. The molecule has 2 rings (SSSR count). The molecule has 0 aliphatic carbocycles. The van der Waals surface area contributed by atoms with Gasteiger partial charge in [0, 0.05) is 6.54 Å². The van der Waals surface area contributed by atoms with Gasteiger partial charge in [0.05, 0.1) is 0 Å². The second-order valence-corrected chi connectivity index (χ2v) is 4.05. The lowest BCUT2D eigenvalue weighted by Crippen LogP contribution is -2.27. The van der Waals surface area contributed by atoms with E-state index in [2.05, 4.69) is 5.43 Å². The molecule has 0 heterocycles. The zero-order chi connectivity index (χ0) is 13.3. The van der Waals surface area contributed by atoms with E-state index in [1.807, 2.05) is 54.6 Å². The van der Waals surface area contributed by atoms with Crippen LogP contribution in [0.4, 0.5) is 0 Å². The van der Waals surface area contributed by atoms with Crippen LogP contribution in [0, 0.1) is 0 Å². The van der Waals surface area contributed by atoms with Crippen LogP contribution in [0.5, 0.6) is 11.5 Å². The van der Waals surface area contributed by atoms with E-state index < -0.39 is 0 Å². The molecule has 0 aromatic heterocycles. The van der Waals surface area contributed by atoms with Crippen LogP contribution in [0.2, 0.25) is 0 Å². The minimum Gasteiger partial charge on any atom is -0.492 e. The Morgan fingerprint density at radius 1 is 0.842 bits per heavy atom. The Balaban J connectivity index is 1.81. The number of hydrazine groups is 1. The van der Waals surface area contributed by atoms with Crippen LogP contribution in [-0.2, 0) is 6.61 Å². The summed E-state index contributed by atoms with van der Waals surface area (Å²) in [7, 11) is 0. The normalized spacial score (nSPS) is 10.2. The van der Waals surface area contributed by atoms with Crippen molar-refractivity contribution in [1.82, 2.24) is 5.43 Å². The van der Waals surface area contributed by atoms with E-state index in [1.165, 1.54) is 0 Å². The molecule has 4 nitrogen and oxygen atoms in total. The zero-order valence-electron chi connectivity index (χ0n) is 10.7. The molecular formula is C15H18N2O2. The van der Waals surface area contributed by atoms with E-state index in [-0.39, 0.29) is 0 Å².